The molecular weight excluding hydrogens is 464 g/mol. The van der Waals surface area contributed by atoms with Crippen molar-refractivity contribution in [3.63, 3.8) is 0 Å². The van der Waals surface area contributed by atoms with Crippen LogP contribution < -0.4 is 25.8 Å². The average molecular weight is 487 g/mol. The normalized spacial score (nSPS) is 19.1. The van der Waals surface area contributed by atoms with Gasteiger partial charge in [-0.05, 0) is 42.0 Å². The number of benzene rings is 2. The molecule has 1 atom stereocenters. The topological polar surface area (TPSA) is 147 Å². The van der Waals surface area contributed by atoms with Gasteiger partial charge in [-0.15, -0.1) is 0 Å². The Labute approximate surface area is 204 Å². The number of hydrogen-bond donors (Lipinski definition) is 4. The summed E-state index contributed by atoms with van der Waals surface area (Å²) < 4.78 is 13.0. The molecule has 1 saturated heterocycles. The number of furan rings is 1. The van der Waals surface area contributed by atoms with Gasteiger partial charge >= 0.3 is 6.03 Å². The minimum absolute atomic E-state index is 0.101. The molecular formula is C25H23N6O5+. The Morgan fingerprint density at radius 1 is 1.14 bits per heavy atom. The Bertz CT molecular complexity index is 1570. The largest absolute Gasteiger partial charge is 0.497 e. The number of anilines is 1. The number of hydrogen-bond acceptors (Lipinski definition) is 6. The Hall–Kier alpha value is -4.80. The predicted molar refractivity (Wildman–Crippen MR) is 128 cm³/mol. The van der Waals surface area contributed by atoms with E-state index in [0.717, 1.165) is 22.2 Å². The van der Waals surface area contributed by atoms with Gasteiger partial charge in [0, 0.05) is 23.1 Å². The van der Waals surface area contributed by atoms with E-state index in [0.29, 0.717) is 29.3 Å². The van der Waals surface area contributed by atoms with E-state index in [1.54, 1.807) is 28.9 Å². The molecule has 182 valence electrons. The molecule has 2 aliphatic heterocycles. The van der Waals surface area contributed by atoms with E-state index in [1.165, 1.54) is 12.0 Å². The van der Waals surface area contributed by atoms with Crippen molar-refractivity contribution in [2.24, 2.45) is 7.05 Å². The SMILES string of the molecule is COc1ccc2c(c1)C(=O)N(C[C@@]1(c3cc4cc(-c5cc(N)[n+](C)[nH]5)ccc4o3)NC(=O)NC1=O)C2. The number of imide groups is 1. The van der Waals surface area contributed by atoms with Crippen molar-refractivity contribution in [2.45, 2.75) is 12.1 Å². The summed E-state index contributed by atoms with van der Waals surface area (Å²) >= 11 is 0. The number of amides is 4. The lowest BCUT2D eigenvalue weighted by atomic mass is 9.95. The maximum absolute atomic E-state index is 13.2. The van der Waals surface area contributed by atoms with E-state index in [9.17, 15) is 14.4 Å². The molecule has 0 radical (unpaired) electrons. The number of urea groups is 1. The third-order valence-electron chi connectivity index (χ3n) is 6.78. The van der Waals surface area contributed by atoms with Gasteiger partial charge in [0.15, 0.2) is 5.54 Å². The Morgan fingerprint density at radius 2 is 1.97 bits per heavy atom. The van der Waals surface area contributed by atoms with Crippen LogP contribution in [0.15, 0.2) is 52.9 Å². The zero-order valence-electron chi connectivity index (χ0n) is 19.5. The highest BCUT2D eigenvalue weighted by atomic mass is 16.5. The van der Waals surface area contributed by atoms with Crippen molar-refractivity contribution < 1.29 is 28.2 Å². The van der Waals surface area contributed by atoms with Crippen LogP contribution in [0.4, 0.5) is 10.6 Å². The quantitative estimate of drug-likeness (QED) is 0.248. The van der Waals surface area contributed by atoms with Gasteiger partial charge in [0.25, 0.3) is 17.6 Å². The molecule has 11 heteroatoms. The molecule has 2 aromatic heterocycles. The van der Waals surface area contributed by atoms with Crippen LogP contribution in [-0.2, 0) is 23.9 Å². The molecule has 6 rings (SSSR count). The highest BCUT2D eigenvalue weighted by Crippen LogP contribution is 2.36. The maximum atomic E-state index is 13.2. The first-order valence-electron chi connectivity index (χ1n) is 11.3. The minimum atomic E-state index is -1.58. The summed E-state index contributed by atoms with van der Waals surface area (Å²) in [6.45, 7) is 0.189. The molecule has 36 heavy (non-hydrogen) atoms. The third-order valence-corrected chi connectivity index (χ3v) is 6.78. The monoisotopic (exact) mass is 487 g/mol. The van der Waals surface area contributed by atoms with E-state index >= 15 is 0 Å². The fraction of sp³-hybridized carbons (Fsp3) is 0.200. The van der Waals surface area contributed by atoms with Crippen molar-refractivity contribution in [3.05, 3.63) is 65.4 Å². The number of nitrogen functional groups attached to an aromatic ring is 1. The zero-order valence-corrected chi connectivity index (χ0v) is 19.5. The first-order valence-corrected chi connectivity index (χ1v) is 11.3. The fourth-order valence-corrected chi connectivity index (χ4v) is 4.83. The Balaban J connectivity index is 1.38. The number of ether oxygens (including phenoxy) is 1. The number of carbonyl (C=O) groups excluding carboxylic acids is 3. The third kappa shape index (κ3) is 3.20. The van der Waals surface area contributed by atoms with Crippen LogP contribution in [-0.4, -0.2) is 41.5 Å². The fourth-order valence-electron chi connectivity index (χ4n) is 4.83. The van der Waals surface area contributed by atoms with Gasteiger partial charge in [-0.3, -0.25) is 20.6 Å². The van der Waals surface area contributed by atoms with E-state index in [2.05, 4.69) is 15.7 Å². The van der Waals surface area contributed by atoms with Gasteiger partial charge in [-0.25, -0.2) is 9.89 Å². The Morgan fingerprint density at radius 3 is 2.67 bits per heavy atom. The first-order chi connectivity index (χ1) is 17.3. The lowest BCUT2D eigenvalue weighted by molar-refractivity contribution is -0.712. The number of aromatic nitrogens is 2. The number of aryl methyl sites for hydroxylation is 1. The molecule has 11 nitrogen and oxygen atoms in total. The molecule has 5 N–H and O–H groups in total. The predicted octanol–water partition coefficient (Wildman–Crippen LogP) is 1.53. The van der Waals surface area contributed by atoms with Gasteiger partial charge in [0.2, 0.25) is 0 Å². The molecule has 0 unspecified atom stereocenters. The van der Waals surface area contributed by atoms with Crippen LogP contribution in [0.1, 0.15) is 21.7 Å². The number of nitrogens with one attached hydrogen (secondary N) is 3. The molecule has 1 fully saturated rings. The van der Waals surface area contributed by atoms with Crippen molar-refractivity contribution in [1.29, 1.82) is 0 Å². The van der Waals surface area contributed by atoms with Gasteiger partial charge in [-0.2, -0.15) is 4.68 Å². The number of methoxy groups -OCH3 is 1. The molecule has 2 aromatic carbocycles. The van der Waals surface area contributed by atoms with Gasteiger partial charge in [0.05, 0.1) is 25.4 Å². The summed E-state index contributed by atoms with van der Waals surface area (Å²) in [5.74, 6) is 0.535. The summed E-state index contributed by atoms with van der Waals surface area (Å²) in [6, 6.07) is 13.7. The molecule has 4 heterocycles. The molecule has 4 amide bonds. The zero-order chi connectivity index (χ0) is 25.2. The van der Waals surface area contributed by atoms with E-state index in [1.807, 2.05) is 31.3 Å². The van der Waals surface area contributed by atoms with Crippen LogP contribution in [0.3, 0.4) is 0 Å². The molecule has 2 aliphatic rings. The molecule has 0 spiro atoms. The molecule has 0 bridgehead atoms. The summed E-state index contributed by atoms with van der Waals surface area (Å²) in [7, 11) is 3.34. The van der Waals surface area contributed by atoms with Crippen LogP contribution in [0.25, 0.3) is 22.2 Å². The van der Waals surface area contributed by atoms with E-state index in [4.69, 9.17) is 14.9 Å². The molecule has 0 aliphatic carbocycles. The van der Waals surface area contributed by atoms with E-state index < -0.39 is 17.5 Å². The number of aromatic amines is 1. The minimum Gasteiger partial charge on any atom is -0.497 e. The van der Waals surface area contributed by atoms with Gasteiger partial charge in [-0.1, -0.05) is 6.07 Å². The number of nitrogens with two attached hydrogens (primary N) is 1. The van der Waals surface area contributed by atoms with Gasteiger partial charge < -0.3 is 19.4 Å². The Kier molecular flexibility index (Phi) is 4.59. The first kappa shape index (κ1) is 21.7. The smallest absolute Gasteiger partial charge is 0.322 e. The lowest BCUT2D eigenvalue weighted by Gasteiger charge is -2.29. The maximum Gasteiger partial charge on any atom is 0.322 e. The lowest BCUT2D eigenvalue weighted by Crippen LogP contribution is -2.52. The van der Waals surface area contributed by atoms with Crippen molar-refractivity contribution in [2.75, 3.05) is 19.4 Å². The van der Waals surface area contributed by atoms with Crippen LogP contribution in [0.5, 0.6) is 5.75 Å². The molecule has 4 aromatic rings. The second-order valence-corrected chi connectivity index (χ2v) is 9.01. The standard InChI is InChI=1S/C25H22N6O5/c1-30-21(26)10-18(29-30)13-4-6-19-15(7-13)8-20(36-19)25(23(33)27-24(34)28-25)12-31-11-14-3-5-16(35-2)9-17(14)22(31)32/h3-10H,11-12H2,1-2H3,(H4,26,27,28,29,33,34)/p+1/t25-/m0/s1. The van der Waals surface area contributed by atoms with Crippen molar-refractivity contribution >= 4 is 34.6 Å². The van der Waals surface area contributed by atoms with E-state index in [-0.39, 0.29) is 18.2 Å². The second-order valence-electron chi connectivity index (χ2n) is 9.01. The second kappa shape index (κ2) is 7.60. The summed E-state index contributed by atoms with van der Waals surface area (Å²) in [5, 5.41) is 8.90. The highest BCUT2D eigenvalue weighted by molar-refractivity contribution is 6.08. The molecule has 0 saturated carbocycles. The van der Waals surface area contributed by atoms with Crippen molar-refractivity contribution in [1.82, 2.24) is 20.6 Å². The number of nitrogens with zero attached hydrogens (tertiary/aromatic N) is 2. The summed E-state index contributed by atoms with van der Waals surface area (Å²) in [5.41, 5.74) is 7.90. The van der Waals surface area contributed by atoms with Gasteiger partial charge in [0.1, 0.15) is 24.1 Å². The number of fused-ring (bicyclic) bond motifs is 2. The van der Waals surface area contributed by atoms with Crippen LogP contribution >= 0.6 is 0 Å². The average Bonchev–Trinajstić information content (AvgIpc) is 3.59. The number of rotatable bonds is 5. The van der Waals surface area contributed by atoms with Crippen LogP contribution in [0, 0.1) is 0 Å². The summed E-state index contributed by atoms with van der Waals surface area (Å²) in [4.78, 5) is 40.1. The number of carbonyl (C=O) groups is 3. The van der Waals surface area contributed by atoms with Crippen molar-refractivity contribution in [3.8, 4) is 17.0 Å². The van der Waals surface area contributed by atoms with Crippen LogP contribution in [0.2, 0.25) is 0 Å². The highest BCUT2D eigenvalue weighted by Gasteiger charge is 2.53. The summed E-state index contributed by atoms with van der Waals surface area (Å²) in [6.07, 6.45) is 0. The number of H-pyrrole nitrogens is 1.